The minimum Gasteiger partial charge on any atom is -0.444 e. The molecule has 0 aliphatic heterocycles. The number of oxazole rings is 1. The Labute approximate surface area is 89.7 Å². The monoisotopic (exact) mass is 223 g/mol. The topological polar surface area (TPSA) is 43.1 Å². The standard InChI is InChI=1S/C11H7F2NO2/c12-10(13)9(15)8-6-16-11(14-8)7-4-2-1-3-5-7/h1-6,10H. The van der Waals surface area contributed by atoms with E-state index in [9.17, 15) is 13.6 Å². The van der Waals surface area contributed by atoms with Gasteiger partial charge in [-0.05, 0) is 12.1 Å². The van der Waals surface area contributed by atoms with Gasteiger partial charge in [-0.15, -0.1) is 0 Å². The summed E-state index contributed by atoms with van der Waals surface area (Å²) in [5.74, 6) is -1.17. The second-order valence-corrected chi connectivity index (χ2v) is 3.07. The lowest BCUT2D eigenvalue weighted by Crippen LogP contribution is -2.10. The van der Waals surface area contributed by atoms with Crippen LogP contribution in [-0.4, -0.2) is 17.2 Å². The lowest BCUT2D eigenvalue weighted by Gasteiger charge is -1.93. The zero-order valence-corrected chi connectivity index (χ0v) is 8.06. The molecule has 0 radical (unpaired) electrons. The van der Waals surface area contributed by atoms with E-state index in [1.165, 1.54) is 0 Å². The van der Waals surface area contributed by atoms with Gasteiger partial charge in [-0.3, -0.25) is 4.79 Å². The molecular formula is C11H7F2NO2. The van der Waals surface area contributed by atoms with Gasteiger partial charge in [0.15, 0.2) is 5.69 Å². The first-order valence-corrected chi connectivity index (χ1v) is 4.52. The van der Waals surface area contributed by atoms with Crippen molar-refractivity contribution in [2.24, 2.45) is 0 Å². The van der Waals surface area contributed by atoms with Crippen molar-refractivity contribution in [3.63, 3.8) is 0 Å². The SMILES string of the molecule is O=C(c1coc(-c2ccccc2)n1)C(F)F. The van der Waals surface area contributed by atoms with Gasteiger partial charge in [0.1, 0.15) is 6.26 Å². The molecule has 1 aromatic heterocycles. The maximum absolute atomic E-state index is 12.1. The third-order valence-corrected chi connectivity index (χ3v) is 1.98. The molecule has 0 amide bonds. The van der Waals surface area contributed by atoms with E-state index < -0.39 is 12.2 Å². The van der Waals surface area contributed by atoms with Gasteiger partial charge in [0.05, 0.1) is 0 Å². The third-order valence-electron chi connectivity index (χ3n) is 1.98. The third kappa shape index (κ3) is 1.98. The van der Waals surface area contributed by atoms with Crippen LogP contribution in [0.1, 0.15) is 10.5 Å². The molecule has 0 N–H and O–H groups in total. The number of nitrogens with zero attached hydrogens (tertiary/aromatic N) is 1. The Hall–Kier alpha value is -2.04. The Morgan fingerprint density at radius 3 is 2.56 bits per heavy atom. The molecule has 3 nitrogen and oxygen atoms in total. The van der Waals surface area contributed by atoms with Crippen molar-refractivity contribution < 1.29 is 18.0 Å². The fourth-order valence-electron chi connectivity index (χ4n) is 1.21. The maximum Gasteiger partial charge on any atom is 0.302 e. The van der Waals surface area contributed by atoms with Crippen LogP contribution < -0.4 is 0 Å². The Morgan fingerprint density at radius 2 is 1.94 bits per heavy atom. The lowest BCUT2D eigenvalue weighted by molar-refractivity contribution is 0.0673. The molecule has 0 fully saturated rings. The molecule has 2 rings (SSSR count). The summed E-state index contributed by atoms with van der Waals surface area (Å²) in [7, 11) is 0. The Bertz CT molecular complexity index is 494. The molecule has 0 unspecified atom stereocenters. The molecule has 1 heterocycles. The summed E-state index contributed by atoms with van der Waals surface area (Å²) in [6.45, 7) is 0. The van der Waals surface area contributed by atoms with E-state index in [2.05, 4.69) is 4.98 Å². The number of carbonyl (C=O) groups is 1. The fraction of sp³-hybridized carbons (Fsp3) is 0.0909. The number of carbonyl (C=O) groups excluding carboxylic acids is 1. The molecule has 5 heteroatoms. The Morgan fingerprint density at radius 1 is 1.25 bits per heavy atom. The van der Waals surface area contributed by atoms with Gasteiger partial charge in [0, 0.05) is 5.56 Å². The van der Waals surface area contributed by atoms with Crippen LogP contribution in [0.15, 0.2) is 41.0 Å². The summed E-state index contributed by atoms with van der Waals surface area (Å²) in [5, 5.41) is 0. The normalized spacial score (nSPS) is 10.7. The van der Waals surface area contributed by atoms with Crippen LogP contribution in [-0.2, 0) is 0 Å². The van der Waals surface area contributed by atoms with Crippen molar-refractivity contribution in [1.82, 2.24) is 4.98 Å². The van der Waals surface area contributed by atoms with Gasteiger partial charge in [-0.1, -0.05) is 18.2 Å². The number of alkyl halides is 2. The molecule has 0 saturated carbocycles. The van der Waals surface area contributed by atoms with Gasteiger partial charge >= 0.3 is 6.43 Å². The van der Waals surface area contributed by atoms with E-state index >= 15 is 0 Å². The average molecular weight is 223 g/mol. The average Bonchev–Trinajstić information content (AvgIpc) is 2.78. The minimum absolute atomic E-state index is 0.157. The highest BCUT2D eigenvalue weighted by atomic mass is 19.3. The molecule has 2 aromatic rings. The second kappa shape index (κ2) is 4.22. The van der Waals surface area contributed by atoms with E-state index in [-0.39, 0.29) is 11.6 Å². The van der Waals surface area contributed by atoms with Crippen LogP contribution in [0.5, 0.6) is 0 Å². The molecule has 0 aliphatic carbocycles. The Balaban J connectivity index is 2.30. The van der Waals surface area contributed by atoms with Crippen LogP contribution in [0.2, 0.25) is 0 Å². The molecular weight excluding hydrogens is 216 g/mol. The summed E-state index contributed by atoms with van der Waals surface area (Å²) in [6.07, 6.45) is -2.12. The first-order valence-electron chi connectivity index (χ1n) is 4.52. The van der Waals surface area contributed by atoms with Gasteiger partial charge in [-0.2, -0.15) is 0 Å². The highest BCUT2D eigenvalue weighted by molar-refractivity contribution is 5.96. The quantitative estimate of drug-likeness (QED) is 0.751. The van der Waals surface area contributed by atoms with Crippen molar-refractivity contribution in [2.75, 3.05) is 0 Å². The molecule has 16 heavy (non-hydrogen) atoms. The number of Topliss-reactive ketones (excluding diaryl/α,β-unsaturated/α-hetero) is 1. The number of hydrogen-bond acceptors (Lipinski definition) is 3. The van der Waals surface area contributed by atoms with Gasteiger partial charge in [0.25, 0.3) is 0 Å². The molecule has 0 saturated heterocycles. The number of benzene rings is 1. The van der Waals surface area contributed by atoms with E-state index in [0.717, 1.165) is 6.26 Å². The number of halogens is 2. The summed E-state index contributed by atoms with van der Waals surface area (Å²) in [6, 6.07) is 8.74. The van der Waals surface area contributed by atoms with E-state index in [0.29, 0.717) is 5.56 Å². The van der Waals surface area contributed by atoms with Crippen molar-refractivity contribution in [3.05, 3.63) is 42.3 Å². The first kappa shape index (κ1) is 10.5. The van der Waals surface area contributed by atoms with Gasteiger partial charge in [-0.25, -0.2) is 13.8 Å². The summed E-state index contributed by atoms with van der Waals surface area (Å²) in [5.41, 5.74) is 0.282. The first-order chi connectivity index (χ1) is 7.68. The van der Waals surface area contributed by atoms with Crippen molar-refractivity contribution in [1.29, 1.82) is 0 Å². The smallest absolute Gasteiger partial charge is 0.302 e. The minimum atomic E-state index is -3.06. The molecule has 82 valence electrons. The van der Waals surface area contributed by atoms with Crippen LogP contribution in [0, 0.1) is 0 Å². The van der Waals surface area contributed by atoms with Gasteiger partial charge in [0.2, 0.25) is 11.7 Å². The van der Waals surface area contributed by atoms with Crippen molar-refractivity contribution in [3.8, 4) is 11.5 Å². The number of rotatable bonds is 3. The molecule has 0 spiro atoms. The highest BCUT2D eigenvalue weighted by Gasteiger charge is 2.21. The van der Waals surface area contributed by atoms with E-state index in [4.69, 9.17) is 4.42 Å². The molecule has 0 aliphatic rings. The van der Waals surface area contributed by atoms with Crippen LogP contribution in [0.25, 0.3) is 11.5 Å². The van der Waals surface area contributed by atoms with Gasteiger partial charge < -0.3 is 4.42 Å². The molecule has 0 bridgehead atoms. The summed E-state index contributed by atoms with van der Waals surface area (Å²) in [4.78, 5) is 14.6. The second-order valence-electron chi connectivity index (χ2n) is 3.07. The largest absolute Gasteiger partial charge is 0.444 e. The maximum atomic E-state index is 12.1. The predicted octanol–water partition coefficient (Wildman–Crippen LogP) is 2.79. The molecule has 1 aromatic carbocycles. The van der Waals surface area contributed by atoms with E-state index in [1.807, 2.05) is 0 Å². The molecule has 0 atom stereocenters. The number of ketones is 1. The predicted molar refractivity (Wildman–Crippen MR) is 52.3 cm³/mol. The zero-order chi connectivity index (χ0) is 11.5. The van der Waals surface area contributed by atoms with Crippen molar-refractivity contribution >= 4 is 5.78 Å². The Kier molecular flexibility index (Phi) is 2.76. The summed E-state index contributed by atoms with van der Waals surface area (Å²) >= 11 is 0. The van der Waals surface area contributed by atoms with Crippen LogP contribution >= 0.6 is 0 Å². The lowest BCUT2D eigenvalue weighted by atomic mass is 10.2. The highest BCUT2D eigenvalue weighted by Crippen LogP contribution is 2.19. The van der Waals surface area contributed by atoms with Crippen LogP contribution in [0.4, 0.5) is 8.78 Å². The number of hydrogen-bond donors (Lipinski definition) is 0. The zero-order valence-electron chi connectivity index (χ0n) is 8.06. The fourth-order valence-corrected chi connectivity index (χ4v) is 1.21. The van der Waals surface area contributed by atoms with E-state index in [1.54, 1.807) is 30.3 Å². The number of aromatic nitrogens is 1. The van der Waals surface area contributed by atoms with Crippen LogP contribution in [0.3, 0.4) is 0 Å². The summed E-state index contributed by atoms with van der Waals surface area (Å²) < 4.78 is 29.1. The van der Waals surface area contributed by atoms with Crippen molar-refractivity contribution in [2.45, 2.75) is 6.43 Å².